The van der Waals surface area contributed by atoms with Gasteiger partial charge in [0.05, 0.1) is 0 Å². The third-order valence-corrected chi connectivity index (χ3v) is 5.24. The zero-order valence-corrected chi connectivity index (χ0v) is 13.2. The third kappa shape index (κ3) is 2.09. The second-order valence-corrected chi connectivity index (χ2v) is 6.68. The van der Waals surface area contributed by atoms with Crippen molar-refractivity contribution in [2.45, 2.75) is 25.3 Å². The van der Waals surface area contributed by atoms with Crippen molar-refractivity contribution in [3.05, 3.63) is 30.3 Å². The maximum atomic E-state index is 12.9. The number of aromatic nitrogens is 1. The summed E-state index contributed by atoms with van der Waals surface area (Å²) in [6.07, 6.45) is 4.81. The number of likely N-dealkylation sites (tertiary alicyclic amines) is 1. The van der Waals surface area contributed by atoms with Gasteiger partial charge in [0, 0.05) is 18.2 Å². The van der Waals surface area contributed by atoms with Crippen molar-refractivity contribution in [2.75, 3.05) is 19.8 Å². The van der Waals surface area contributed by atoms with Crippen LogP contribution in [0.2, 0.25) is 0 Å². The Hall–Kier alpha value is -2.50. The van der Waals surface area contributed by atoms with E-state index in [0.29, 0.717) is 48.1 Å². The topological polar surface area (TPSA) is 64.8 Å². The third-order valence-electron chi connectivity index (χ3n) is 5.24. The molecule has 6 heteroatoms. The fraction of sp³-hybridized carbons (Fsp3) is 0.444. The number of rotatable bonds is 2. The first kappa shape index (κ1) is 13.9. The molecule has 2 fully saturated rings. The van der Waals surface area contributed by atoms with Crippen molar-refractivity contribution in [2.24, 2.45) is 5.92 Å². The van der Waals surface area contributed by atoms with Crippen LogP contribution in [0.1, 0.15) is 29.8 Å². The van der Waals surface area contributed by atoms with E-state index in [1.54, 1.807) is 0 Å². The number of hydrogen-bond donors (Lipinski definition) is 0. The van der Waals surface area contributed by atoms with Gasteiger partial charge in [-0.3, -0.25) is 4.79 Å². The molecule has 3 heterocycles. The van der Waals surface area contributed by atoms with Crippen LogP contribution in [0.3, 0.4) is 0 Å². The van der Waals surface area contributed by atoms with Gasteiger partial charge in [0.25, 0.3) is 5.91 Å². The Labute approximate surface area is 139 Å². The number of fused-ring (bicyclic) bond motifs is 3. The van der Waals surface area contributed by atoms with Crippen molar-refractivity contribution in [3.63, 3.8) is 0 Å². The van der Waals surface area contributed by atoms with Gasteiger partial charge in [-0.05, 0) is 43.4 Å². The maximum Gasteiger partial charge on any atom is 0.276 e. The highest BCUT2D eigenvalue weighted by atomic mass is 16.6. The van der Waals surface area contributed by atoms with Crippen molar-refractivity contribution >= 4 is 5.91 Å². The number of hydrogen-bond acceptors (Lipinski definition) is 5. The Morgan fingerprint density at radius 3 is 2.83 bits per heavy atom. The molecule has 3 aliphatic rings. The van der Waals surface area contributed by atoms with Gasteiger partial charge in [-0.25, -0.2) is 4.98 Å². The summed E-state index contributed by atoms with van der Waals surface area (Å²) in [5, 5.41) is 0. The van der Waals surface area contributed by atoms with Crippen LogP contribution in [0, 0.1) is 5.92 Å². The molecule has 24 heavy (non-hydrogen) atoms. The summed E-state index contributed by atoms with van der Waals surface area (Å²) in [7, 11) is 0. The lowest BCUT2D eigenvalue weighted by molar-refractivity contribution is 0.0698. The Morgan fingerprint density at radius 1 is 1.17 bits per heavy atom. The molecule has 2 aliphatic heterocycles. The number of benzene rings is 1. The summed E-state index contributed by atoms with van der Waals surface area (Å²) in [6, 6.07) is 5.94. The lowest BCUT2D eigenvalue weighted by atomic mass is 10.1. The molecule has 0 N–H and O–H groups in total. The maximum absolute atomic E-state index is 12.9. The number of piperidine rings is 1. The molecule has 1 aliphatic carbocycles. The molecule has 0 spiro atoms. The number of amides is 1. The molecule has 1 amide bonds. The van der Waals surface area contributed by atoms with Gasteiger partial charge < -0.3 is 18.8 Å². The van der Waals surface area contributed by atoms with Crippen LogP contribution in [0.5, 0.6) is 11.5 Å². The molecule has 2 aromatic rings. The number of nitrogens with zero attached hydrogens (tertiary/aromatic N) is 2. The van der Waals surface area contributed by atoms with E-state index in [2.05, 4.69) is 4.98 Å². The smallest absolute Gasteiger partial charge is 0.276 e. The second kappa shape index (κ2) is 5.26. The van der Waals surface area contributed by atoms with Crippen LogP contribution in [-0.2, 0) is 0 Å². The molecule has 2 atom stereocenters. The van der Waals surface area contributed by atoms with E-state index in [-0.39, 0.29) is 5.91 Å². The molecule has 1 saturated carbocycles. The summed E-state index contributed by atoms with van der Waals surface area (Å²) in [6.45, 7) is 1.92. The number of carbonyl (C=O) groups excluding carboxylic acids is 1. The molecule has 1 aromatic carbocycles. The SMILES string of the molecule is O=C(c1ncoc1-c1ccc2c(c1)OCCO2)N1CC2CCC1C2. The molecule has 2 bridgehead atoms. The lowest BCUT2D eigenvalue weighted by Crippen LogP contribution is -2.38. The van der Waals surface area contributed by atoms with Crippen molar-refractivity contribution in [3.8, 4) is 22.8 Å². The van der Waals surface area contributed by atoms with Crippen LogP contribution in [0.25, 0.3) is 11.3 Å². The second-order valence-electron chi connectivity index (χ2n) is 6.68. The van der Waals surface area contributed by atoms with Crippen LogP contribution < -0.4 is 9.47 Å². The van der Waals surface area contributed by atoms with Crippen LogP contribution in [0.15, 0.2) is 29.0 Å². The van der Waals surface area contributed by atoms with Gasteiger partial charge in [-0.2, -0.15) is 0 Å². The first-order valence-electron chi connectivity index (χ1n) is 8.44. The van der Waals surface area contributed by atoms with Gasteiger partial charge in [-0.15, -0.1) is 0 Å². The average molecular weight is 326 g/mol. The summed E-state index contributed by atoms with van der Waals surface area (Å²) < 4.78 is 16.7. The van der Waals surface area contributed by atoms with Crippen LogP contribution in [0.4, 0.5) is 0 Å². The number of carbonyl (C=O) groups is 1. The first-order valence-corrected chi connectivity index (χ1v) is 8.44. The predicted molar refractivity (Wildman–Crippen MR) is 85.1 cm³/mol. The van der Waals surface area contributed by atoms with Crippen molar-refractivity contribution in [1.82, 2.24) is 9.88 Å². The monoisotopic (exact) mass is 326 g/mol. The van der Waals surface area contributed by atoms with E-state index in [9.17, 15) is 4.79 Å². The first-order chi connectivity index (χ1) is 11.8. The van der Waals surface area contributed by atoms with E-state index in [0.717, 1.165) is 24.9 Å². The van der Waals surface area contributed by atoms with Crippen molar-refractivity contribution in [1.29, 1.82) is 0 Å². The van der Waals surface area contributed by atoms with Gasteiger partial charge in [0.1, 0.15) is 13.2 Å². The number of oxazole rings is 1. The minimum Gasteiger partial charge on any atom is -0.486 e. The fourth-order valence-corrected chi connectivity index (χ4v) is 4.10. The standard InChI is InChI=1S/C18H18N2O4/c21-18(20-9-11-1-3-13(20)7-11)16-17(24-10-19-16)12-2-4-14-15(8-12)23-6-5-22-14/h2,4,8,10-11,13H,1,3,5-7,9H2. The van der Waals surface area contributed by atoms with E-state index in [1.807, 2.05) is 23.1 Å². The van der Waals surface area contributed by atoms with Crippen LogP contribution >= 0.6 is 0 Å². The van der Waals surface area contributed by atoms with Gasteiger partial charge in [0.15, 0.2) is 29.3 Å². The molecule has 1 saturated heterocycles. The van der Waals surface area contributed by atoms with E-state index in [1.165, 1.54) is 12.8 Å². The highest BCUT2D eigenvalue weighted by molar-refractivity contribution is 5.98. The Kier molecular flexibility index (Phi) is 3.04. The average Bonchev–Trinajstić information content (AvgIpc) is 3.36. The molecular formula is C18H18N2O4. The zero-order chi connectivity index (χ0) is 16.1. The van der Waals surface area contributed by atoms with Gasteiger partial charge in [-0.1, -0.05) is 0 Å². The highest BCUT2D eigenvalue weighted by Gasteiger charge is 2.41. The molecule has 6 nitrogen and oxygen atoms in total. The van der Waals surface area contributed by atoms with Gasteiger partial charge in [0.2, 0.25) is 0 Å². The lowest BCUT2D eigenvalue weighted by Gasteiger charge is -2.26. The van der Waals surface area contributed by atoms with Gasteiger partial charge >= 0.3 is 0 Å². The number of ether oxygens (including phenoxy) is 2. The molecule has 0 radical (unpaired) electrons. The fourth-order valence-electron chi connectivity index (χ4n) is 4.10. The molecule has 124 valence electrons. The van der Waals surface area contributed by atoms with E-state index >= 15 is 0 Å². The Bertz CT molecular complexity index is 800. The minimum absolute atomic E-state index is 0.0270. The summed E-state index contributed by atoms with van der Waals surface area (Å²) in [4.78, 5) is 19.1. The molecular weight excluding hydrogens is 308 g/mol. The highest BCUT2D eigenvalue weighted by Crippen LogP contribution is 2.40. The molecule has 2 unspecified atom stereocenters. The van der Waals surface area contributed by atoms with E-state index in [4.69, 9.17) is 13.9 Å². The summed E-state index contributed by atoms with van der Waals surface area (Å²) in [5.74, 6) is 2.52. The van der Waals surface area contributed by atoms with Crippen LogP contribution in [-0.4, -0.2) is 41.6 Å². The molecule has 1 aromatic heterocycles. The van der Waals surface area contributed by atoms with E-state index < -0.39 is 0 Å². The summed E-state index contributed by atoms with van der Waals surface area (Å²) >= 11 is 0. The molecule has 5 rings (SSSR count). The normalized spacial score (nSPS) is 24.4. The zero-order valence-electron chi connectivity index (χ0n) is 13.2. The largest absolute Gasteiger partial charge is 0.486 e. The predicted octanol–water partition coefficient (Wildman–Crippen LogP) is 2.74. The Balaban J connectivity index is 1.48. The summed E-state index contributed by atoms with van der Waals surface area (Å²) in [5.41, 5.74) is 1.17. The quantitative estimate of drug-likeness (QED) is 0.849. The Morgan fingerprint density at radius 2 is 2.04 bits per heavy atom. The minimum atomic E-state index is -0.0270. The van der Waals surface area contributed by atoms with Crippen molar-refractivity contribution < 1.29 is 18.7 Å².